The van der Waals surface area contributed by atoms with Crippen LogP contribution in [0.15, 0.2) is 42.5 Å². The van der Waals surface area contributed by atoms with Crippen molar-refractivity contribution < 1.29 is 52.8 Å². The van der Waals surface area contributed by atoms with E-state index in [1.807, 2.05) is 0 Å². The first kappa shape index (κ1) is 29.4. The second-order valence-corrected chi connectivity index (χ2v) is 9.47. The number of hydrogen-bond donors (Lipinski definition) is 4. The number of nitrogens with zero attached hydrogens (tertiary/aromatic N) is 2. The summed E-state index contributed by atoms with van der Waals surface area (Å²) >= 11 is 5.87. The molecule has 2 aliphatic rings. The number of urea groups is 1. The molecule has 4 N–H and O–H groups in total. The lowest BCUT2D eigenvalue weighted by molar-refractivity contribution is -0.175. The number of likely N-dealkylation sites (tertiary alicyclic amines) is 1. The molecule has 2 aromatic carbocycles. The van der Waals surface area contributed by atoms with Crippen molar-refractivity contribution in [1.29, 1.82) is 0 Å². The van der Waals surface area contributed by atoms with Crippen molar-refractivity contribution in [1.82, 2.24) is 4.90 Å². The Hall–Kier alpha value is -4.63. The van der Waals surface area contributed by atoms with Gasteiger partial charge in [-0.2, -0.15) is 0 Å². The molecule has 0 radical (unpaired) electrons. The number of nitrogens with one attached hydrogen (secondary N) is 2. The maximum atomic E-state index is 15.2. The molecular formula is C25H24ClFN4O10. The Labute approximate surface area is 236 Å². The predicted molar refractivity (Wildman–Crippen MR) is 139 cm³/mol. The van der Waals surface area contributed by atoms with Gasteiger partial charge in [0.05, 0.1) is 23.9 Å². The summed E-state index contributed by atoms with van der Waals surface area (Å²) in [5.74, 6) is -5.13. The number of rotatable bonds is 7. The van der Waals surface area contributed by atoms with Crippen molar-refractivity contribution in [2.24, 2.45) is 0 Å². The van der Waals surface area contributed by atoms with E-state index in [-0.39, 0.29) is 30.8 Å². The molecule has 2 heterocycles. The predicted octanol–water partition coefficient (Wildman–Crippen LogP) is 3.91. The lowest BCUT2D eigenvalue weighted by Crippen LogP contribution is -2.52. The van der Waals surface area contributed by atoms with Crippen LogP contribution in [0.2, 0.25) is 5.02 Å². The molecular weight excluding hydrogens is 571 g/mol. The van der Waals surface area contributed by atoms with Crippen LogP contribution in [0.1, 0.15) is 19.3 Å². The highest BCUT2D eigenvalue weighted by Crippen LogP contribution is 2.38. The van der Waals surface area contributed by atoms with Gasteiger partial charge in [0.1, 0.15) is 11.9 Å². The zero-order valence-corrected chi connectivity index (χ0v) is 22.1. The van der Waals surface area contributed by atoms with E-state index in [0.29, 0.717) is 15.6 Å². The van der Waals surface area contributed by atoms with Crippen molar-refractivity contribution in [2.45, 2.75) is 37.3 Å². The van der Waals surface area contributed by atoms with E-state index in [0.717, 1.165) is 18.2 Å². The summed E-state index contributed by atoms with van der Waals surface area (Å²) < 4.78 is 29.7. The van der Waals surface area contributed by atoms with Crippen LogP contribution >= 0.6 is 11.6 Å². The smallest absolute Gasteiger partial charge is 0.450 e. The van der Waals surface area contributed by atoms with Crippen molar-refractivity contribution in [3.05, 3.63) is 53.3 Å². The quantitative estimate of drug-likeness (QED) is 0.271. The number of carbonyl (C=O) groups excluding carboxylic acids is 3. The van der Waals surface area contributed by atoms with E-state index in [1.54, 1.807) is 24.3 Å². The summed E-state index contributed by atoms with van der Waals surface area (Å²) in [4.78, 5) is 62.9. The third-order valence-electron chi connectivity index (χ3n) is 6.46. The van der Waals surface area contributed by atoms with Gasteiger partial charge in [-0.3, -0.25) is 9.59 Å². The molecule has 2 fully saturated rings. The highest BCUT2D eigenvalue weighted by atomic mass is 35.5. The van der Waals surface area contributed by atoms with E-state index in [9.17, 15) is 24.0 Å². The molecule has 0 aliphatic carbocycles. The van der Waals surface area contributed by atoms with Crippen LogP contribution in [-0.2, 0) is 23.8 Å². The highest BCUT2D eigenvalue weighted by Gasteiger charge is 2.54. The molecule has 41 heavy (non-hydrogen) atoms. The molecule has 14 nitrogen and oxygen atoms in total. The molecule has 0 spiro atoms. The largest absolute Gasteiger partial charge is 0.510 e. The minimum atomic E-state index is -2.57. The van der Waals surface area contributed by atoms with Gasteiger partial charge in [0.25, 0.3) is 0 Å². The molecule has 16 heteroatoms. The standard InChI is InChI=1S/C25H24ClFN4O10/c1-39-16-11-19(30(12-16)22(34)28-14-4-2-13(26)3-5-14)21(33)29-18-7-6-15(10-17(18)27)31-20(32)8-9-25(31,40-23(35)36)41-24(37)38/h2-7,10,16,19H,8-9,11-12H2,1H3,(H,28,34)(H,29,33)(H,35,36)(H,37,38). The summed E-state index contributed by atoms with van der Waals surface area (Å²) in [6.07, 6.45) is -5.01. The molecule has 2 saturated heterocycles. The molecule has 2 aromatic rings. The van der Waals surface area contributed by atoms with E-state index in [1.165, 1.54) is 12.0 Å². The third-order valence-corrected chi connectivity index (χ3v) is 6.71. The topological polar surface area (TPSA) is 184 Å². The number of halogens is 2. The van der Waals surface area contributed by atoms with Gasteiger partial charge in [-0.1, -0.05) is 11.6 Å². The SMILES string of the molecule is COC1CC(C(=O)Nc2ccc(N3C(=O)CCC3(OC(=O)O)OC(=O)O)cc2F)N(C(=O)Nc2ccc(Cl)cc2)C1. The Morgan fingerprint density at radius 2 is 1.71 bits per heavy atom. The number of carbonyl (C=O) groups is 5. The van der Waals surface area contributed by atoms with Crippen molar-refractivity contribution in [3.63, 3.8) is 0 Å². The Morgan fingerprint density at radius 1 is 1.05 bits per heavy atom. The fourth-order valence-electron chi connectivity index (χ4n) is 4.64. The lowest BCUT2D eigenvalue weighted by Gasteiger charge is -2.34. The van der Waals surface area contributed by atoms with E-state index in [4.69, 9.17) is 26.6 Å². The first-order valence-corrected chi connectivity index (χ1v) is 12.4. The molecule has 0 bridgehead atoms. The summed E-state index contributed by atoms with van der Waals surface area (Å²) in [5.41, 5.74) is -0.171. The van der Waals surface area contributed by atoms with E-state index < -0.39 is 60.5 Å². The molecule has 0 aromatic heterocycles. The third kappa shape index (κ3) is 6.41. The van der Waals surface area contributed by atoms with E-state index in [2.05, 4.69) is 20.1 Å². The van der Waals surface area contributed by atoms with Crippen LogP contribution in [0.5, 0.6) is 0 Å². The number of amides is 4. The first-order chi connectivity index (χ1) is 19.4. The average molecular weight is 595 g/mol. The molecule has 2 aliphatic heterocycles. The van der Waals surface area contributed by atoms with Gasteiger partial charge in [0.15, 0.2) is 0 Å². The van der Waals surface area contributed by atoms with Gasteiger partial charge in [-0.05, 0) is 36.4 Å². The van der Waals surface area contributed by atoms with Gasteiger partial charge < -0.3 is 40.0 Å². The number of carboxylic acid groups (broad SMARTS) is 2. The van der Waals surface area contributed by atoms with Crippen molar-refractivity contribution in [3.8, 4) is 0 Å². The number of ether oxygens (including phenoxy) is 3. The maximum absolute atomic E-state index is 15.2. The van der Waals surface area contributed by atoms with Crippen LogP contribution in [0.3, 0.4) is 0 Å². The van der Waals surface area contributed by atoms with Crippen LogP contribution in [-0.4, -0.2) is 77.0 Å². The molecule has 218 valence electrons. The number of benzene rings is 2. The van der Waals surface area contributed by atoms with Crippen LogP contribution in [0, 0.1) is 5.82 Å². The Bertz CT molecular complexity index is 1360. The van der Waals surface area contributed by atoms with Gasteiger partial charge in [0, 0.05) is 43.3 Å². The minimum Gasteiger partial charge on any atom is -0.450 e. The van der Waals surface area contributed by atoms with Gasteiger partial charge in [0.2, 0.25) is 11.8 Å². The lowest BCUT2D eigenvalue weighted by atomic mass is 10.1. The number of hydrogen-bond acceptors (Lipinski definition) is 8. The molecule has 0 saturated carbocycles. The van der Waals surface area contributed by atoms with E-state index >= 15 is 4.39 Å². The number of methoxy groups -OCH3 is 1. The average Bonchev–Trinajstić information content (AvgIpc) is 3.47. The highest BCUT2D eigenvalue weighted by molar-refractivity contribution is 6.30. The maximum Gasteiger partial charge on any atom is 0.510 e. The molecule has 2 atom stereocenters. The summed E-state index contributed by atoms with van der Waals surface area (Å²) in [7, 11) is 1.43. The fourth-order valence-corrected chi connectivity index (χ4v) is 4.76. The molecule has 4 rings (SSSR count). The zero-order chi connectivity index (χ0) is 29.9. The number of anilines is 3. The monoisotopic (exact) mass is 594 g/mol. The second-order valence-electron chi connectivity index (χ2n) is 9.03. The van der Waals surface area contributed by atoms with Gasteiger partial charge in [-0.15, -0.1) is 0 Å². The molecule has 4 amide bonds. The summed E-state index contributed by atoms with van der Waals surface area (Å²) in [6, 6.07) is 7.70. The van der Waals surface area contributed by atoms with Crippen LogP contribution < -0.4 is 15.5 Å². The van der Waals surface area contributed by atoms with Crippen molar-refractivity contribution in [2.75, 3.05) is 29.2 Å². The first-order valence-electron chi connectivity index (χ1n) is 12.1. The van der Waals surface area contributed by atoms with Crippen LogP contribution in [0.4, 0.5) is 35.8 Å². The fraction of sp³-hybridized carbons (Fsp3) is 0.320. The summed E-state index contributed by atoms with van der Waals surface area (Å²) in [6.45, 7) is 0.0851. The Balaban J connectivity index is 1.53. The molecule has 2 unspecified atom stereocenters. The Morgan fingerprint density at radius 3 is 2.29 bits per heavy atom. The second kappa shape index (κ2) is 11.9. The minimum absolute atomic E-state index is 0.0851. The normalized spacial score (nSPS) is 19.5. The van der Waals surface area contributed by atoms with Crippen molar-refractivity contribution >= 4 is 58.8 Å². The van der Waals surface area contributed by atoms with Crippen LogP contribution in [0.25, 0.3) is 0 Å². The van der Waals surface area contributed by atoms with Gasteiger partial charge >= 0.3 is 24.3 Å². The Kier molecular flexibility index (Phi) is 8.49. The zero-order valence-electron chi connectivity index (χ0n) is 21.3. The van der Waals surface area contributed by atoms with Gasteiger partial charge in [-0.25, -0.2) is 23.7 Å². The summed E-state index contributed by atoms with van der Waals surface area (Å²) in [5, 5.41) is 23.7.